The first-order valence-corrected chi connectivity index (χ1v) is 13.9. The van der Waals surface area contributed by atoms with Crippen molar-refractivity contribution in [3.63, 3.8) is 0 Å². The van der Waals surface area contributed by atoms with Gasteiger partial charge in [-0.15, -0.1) is 0 Å². The van der Waals surface area contributed by atoms with Crippen LogP contribution in [0.2, 0.25) is 0 Å². The van der Waals surface area contributed by atoms with Crippen molar-refractivity contribution in [2.45, 2.75) is 84.1 Å². The Morgan fingerprint density at radius 1 is 0.775 bits per heavy atom. The zero-order valence-corrected chi connectivity index (χ0v) is 23.7. The molecule has 0 bridgehead atoms. The highest BCUT2D eigenvalue weighted by molar-refractivity contribution is 5.86. The highest BCUT2D eigenvalue weighted by Crippen LogP contribution is 2.14. The highest BCUT2D eigenvalue weighted by atomic mass is 16.5. The van der Waals surface area contributed by atoms with Gasteiger partial charge in [0.25, 0.3) is 0 Å². The zero-order valence-electron chi connectivity index (χ0n) is 23.7. The van der Waals surface area contributed by atoms with Gasteiger partial charge in [-0.1, -0.05) is 20.3 Å². The van der Waals surface area contributed by atoms with Crippen LogP contribution in [0.3, 0.4) is 0 Å². The number of unbranched alkanes of at least 4 members (excludes halogenated alkanes) is 1. The number of Topliss-reactive ketones (excluding diaryl/α,β-unsaturated/α-hetero) is 2. The summed E-state index contributed by atoms with van der Waals surface area (Å²) in [5.41, 5.74) is 0. The third-order valence-corrected chi connectivity index (χ3v) is 6.23. The molecule has 13 nitrogen and oxygen atoms in total. The first-order chi connectivity index (χ1) is 19.0. The van der Waals surface area contributed by atoms with Gasteiger partial charge in [0.15, 0.2) is 11.6 Å². The largest absolute Gasteiger partial charge is 0.481 e. The summed E-state index contributed by atoms with van der Waals surface area (Å²) >= 11 is 0. The Kier molecular flexibility index (Phi) is 21.2. The minimum Gasteiger partial charge on any atom is -0.481 e. The summed E-state index contributed by atoms with van der Waals surface area (Å²) in [7, 11) is 0. The molecular formula is C27H46N2O11. The minimum absolute atomic E-state index is 0.145. The molecule has 0 aromatic rings. The molecule has 0 aliphatic rings. The molecule has 0 aromatic heterocycles. The lowest BCUT2D eigenvalue weighted by Crippen LogP contribution is -2.42. The number of carbonyl (C=O) groups excluding carboxylic acids is 4. The van der Waals surface area contributed by atoms with E-state index in [-0.39, 0.29) is 62.9 Å². The van der Waals surface area contributed by atoms with Crippen molar-refractivity contribution in [3.8, 4) is 0 Å². The molecule has 0 aromatic carbocycles. The summed E-state index contributed by atoms with van der Waals surface area (Å²) < 4.78 is 10.4. The van der Waals surface area contributed by atoms with Gasteiger partial charge in [-0.25, -0.2) is 4.79 Å². The number of aliphatic hydroxyl groups excluding tert-OH is 1. The summed E-state index contributed by atoms with van der Waals surface area (Å²) in [6.45, 7) is 4.52. The van der Waals surface area contributed by atoms with Crippen LogP contribution in [0, 0.1) is 11.8 Å². The van der Waals surface area contributed by atoms with Crippen LogP contribution in [0.1, 0.15) is 78.1 Å². The predicted octanol–water partition coefficient (Wildman–Crippen LogP) is 1.09. The van der Waals surface area contributed by atoms with E-state index < -0.39 is 42.2 Å². The second-order valence-electron chi connectivity index (χ2n) is 9.55. The quantitative estimate of drug-likeness (QED) is 0.0924. The number of rotatable bonds is 26. The molecule has 5 N–H and O–H groups in total. The van der Waals surface area contributed by atoms with Gasteiger partial charge in [0, 0.05) is 38.3 Å². The van der Waals surface area contributed by atoms with Gasteiger partial charge < -0.3 is 35.4 Å². The Labute approximate surface area is 235 Å². The van der Waals surface area contributed by atoms with Crippen molar-refractivity contribution in [2.75, 3.05) is 39.6 Å². The molecule has 0 aliphatic heterocycles. The number of carboxylic acid groups (broad SMARTS) is 2. The van der Waals surface area contributed by atoms with Crippen LogP contribution in [0.15, 0.2) is 0 Å². The third-order valence-electron chi connectivity index (χ3n) is 6.23. The maximum Gasteiger partial charge on any atom is 0.326 e. The third kappa shape index (κ3) is 18.4. The zero-order chi connectivity index (χ0) is 30.3. The second-order valence-corrected chi connectivity index (χ2v) is 9.55. The standard InChI is InChI=1S/C27H46N2O11/c1-3-13-39-14-15-40-18-21(31)16-20(26(35)36)8-10-25(34)29-22(27(37)38)9-11-24(33)28-12-6-5-7-19(4-2)23(32)17-30/h19-20,22,30H,3-18H2,1-2H3,(H,28,33)(H,29,34)(H,35,36)(H,37,38)/t19-,20+,22-/m0/s1. The number of hydrogen-bond acceptors (Lipinski definition) is 9. The van der Waals surface area contributed by atoms with E-state index in [0.717, 1.165) is 6.42 Å². The van der Waals surface area contributed by atoms with Gasteiger partial charge in [-0.3, -0.25) is 24.0 Å². The molecule has 0 fully saturated rings. The molecule has 0 unspecified atom stereocenters. The van der Waals surface area contributed by atoms with E-state index in [9.17, 15) is 39.0 Å². The lowest BCUT2D eigenvalue weighted by atomic mass is 9.95. The number of carbonyl (C=O) groups is 6. The van der Waals surface area contributed by atoms with Gasteiger partial charge >= 0.3 is 11.9 Å². The monoisotopic (exact) mass is 574 g/mol. The fourth-order valence-electron chi connectivity index (χ4n) is 3.86. The molecule has 0 spiro atoms. The molecule has 230 valence electrons. The predicted molar refractivity (Wildman–Crippen MR) is 143 cm³/mol. The summed E-state index contributed by atoms with van der Waals surface area (Å²) in [6, 6.07) is -1.33. The maximum atomic E-state index is 12.3. The van der Waals surface area contributed by atoms with Crippen molar-refractivity contribution in [3.05, 3.63) is 0 Å². The first-order valence-electron chi connectivity index (χ1n) is 13.9. The van der Waals surface area contributed by atoms with Crippen LogP contribution in [0.25, 0.3) is 0 Å². The SMILES string of the molecule is CCCOCCOCC(=O)C[C@@H](CCC(=O)N[C@@H](CCC(=O)NCCCC[C@H](CC)C(=O)CO)C(=O)O)C(=O)O. The molecule has 2 amide bonds. The van der Waals surface area contributed by atoms with E-state index in [1.807, 2.05) is 13.8 Å². The Morgan fingerprint density at radius 3 is 2.05 bits per heavy atom. The summed E-state index contributed by atoms with van der Waals surface area (Å²) in [5.74, 6) is -5.62. The lowest BCUT2D eigenvalue weighted by Gasteiger charge is -2.16. The molecule has 0 rings (SSSR count). The van der Waals surface area contributed by atoms with Crippen LogP contribution < -0.4 is 10.6 Å². The molecular weight excluding hydrogens is 528 g/mol. The van der Waals surface area contributed by atoms with Crippen molar-refractivity contribution < 1.29 is 53.6 Å². The number of ketones is 2. The van der Waals surface area contributed by atoms with E-state index in [1.54, 1.807) is 0 Å². The van der Waals surface area contributed by atoms with Gasteiger partial charge in [-0.05, 0) is 38.5 Å². The number of nitrogens with one attached hydrogen (secondary N) is 2. The maximum absolute atomic E-state index is 12.3. The minimum atomic E-state index is -1.33. The smallest absolute Gasteiger partial charge is 0.326 e. The number of amides is 2. The molecule has 0 heterocycles. The molecule has 3 atom stereocenters. The summed E-state index contributed by atoms with van der Waals surface area (Å²) in [4.78, 5) is 71.0. The number of ether oxygens (including phenoxy) is 2. The second kappa shape index (κ2) is 22.9. The number of aliphatic carboxylic acids is 2. The van der Waals surface area contributed by atoms with Gasteiger partial charge in [0.1, 0.15) is 19.3 Å². The number of carboxylic acids is 2. The molecule has 0 radical (unpaired) electrons. The van der Waals surface area contributed by atoms with E-state index in [1.165, 1.54) is 0 Å². The van der Waals surface area contributed by atoms with Crippen LogP contribution >= 0.6 is 0 Å². The van der Waals surface area contributed by atoms with Gasteiger partial charge in [-0.2, -0.15) is 0 Å². The normalized spacial score (nSPS) is 13.2. The van der Waals surface area contributed by atoms with Crippen molar-refractivity contribution in [2.24, 2.45) is 11.8 Å². The van der Waals surface area contributed by atoms with Crippen molar-refractivity contribution >= 4 is 35.3 Å². The fourth-order valence-corrected chi connectivity index (χ4v) is 3.86. The van der Waals surface area contributed by atoms with Crippen LogP contribution in [0.5, 0.6) is 0 Å². The van der Waals surface area contributed by atoms with E-state index in [0.29, 0.717) is 45.4 Å². The van der Waals surface area contributed by atoms with E-state index in [4.69, 9.17) is 14.6 Å². The first kappa shape index (κ1) is 37.1. The molecule has 0 saturated carbocycles. The Hall–Kier alpha value is -2.90. The van der Waals surface area contributed by atoms with Crippen LogP contribution in [-0.2, 0) is 38.2 Å². The Balaban J connectivity index is 4.39. The molecule has 0 aliphatic carbocycles. The topological polar surface area (TPSA) is 206 Å². The number of aliphatic hydroxyl groups is 1. The Bertz CT molecular complexity index is 803. The summed E-state index contributed by atoms with van der Waals surface area (Å²) in [5, 5.41) is 32.7. The lowest BCUT2D eigenvalue weighted by molar-refractivity contribution is -0.145. The molecule has 40 heavy (non-hydrogen) atoms. The van der Waals surface area contributed by atoms with Crippen molar-refractivity contribution in [1.82, 2.24) is 10.6 Å². The molecule has 0 saturated heterocycles. The number of hydrogen-bond donors (Lipinski definition) is 5. The van der Waals surface area contributed by atoms with Crippen LogP contribution in [-0.4, -0.2) is 96.3 Å². The van der Waals surface area contributed by atoms with E-state index >= 15 is 0 Å². The van der Waals surface area contributed by atoms with Crippen LogP contribution in [0.4, 0.5) is 0 Å². The van der Waals surface area contributed by atoms with Gasteiger partial charge in [0.05, 0.1) is 19.1 Å². The van der Waals surface area contributed by atoms with Gasteiger partial charge in [0.2, 0.25) is 11.8 Å². The highest BCUT2D eigenvalue weighted by Gasteiger charge is 2.25. The van der Waals surface area contributed by atoms with E-state index in [2.05, 4.69) is 10.6 Å². The molecule has 13 heteroatoms. The average Bonchev–Trinajstić information content (AvgIpc) is 2.91. The Morgan fingerprint density at radius 2 is 1.45 bits per heavy atom. The average molecular weight is 575 g/mol. The van der Waals surface area contributed by atoms with Crippen molar-refractivity contribution in [1.29, 1.82) is 0 Å². The fraction of sp³-hybridized carbons (Fsp3) is 0.778. The summed E-state index contributed by atoms with van der Waals surface area (Å²) in [6.07, 6.45) is 2.31.